The van der Waals surface area contributed by atoms with Crippen molar-refractivity contribution < 1.29 is 38.3 Å². The second-order valence-corrected chi connectivity index (χ2v) is 5.02. The fraction of sp³-hybridized carbons (Fsp3) is 0.267. The summed E-state index contributed by atoms with van der Waals surface area (Å²) in [6.45, 7) is 3.27. The lowest BCUT2D eigenvalue weighted by Gasteiger charge is -2.02. The molecule has 1 aromatic rings. The standard InChI is InChI=1S/C15H13ClN2O8/c1-3-23-14(21)10-8(12(19)25-17-10)5-7(16)6-9-11(15(22)24-4-2)18-26-13(9)20/h5-6,19H,3-4H2,1-2H3/p-1/b7-5-,9-6-. The van der Waals surface area contributed by atoms with Gasteiger partial charge in [0.2, 0.25) is 5.71 Å². The number of oxime groups is 1. The molecular weight excluding hydrogens is 372 g/mol. The van der Waals surface area contributed by atoms with E-state index in [1.807, 2.05) is 0 Å². The highest BCUT2D eigenvalue weighted by atomic mass is 35.5. The van der Waals surface area contributed by atoms with Crippen LogP contribution >= 0.6 is 11.6 Å². The molecule has 0 saturated carbocycles. The molecule has 0 N–H and O–H groups in total. The van der Waals surface area contributed by atoms with Gasteiger partial charge in [0.05, 0.1) is 19.2 Å². The summed E-state index contributed by atoms with van der Waals surface area (Å²) in [5.41, 5.74) is -1.29. The Labute approximate surface area is 151 Å². The first-order chi connectivity index (χ1) is 12.4. The quantitative estimate of drug-likeness (QED) is 0.398. The van der Waals surface area contributed by atoms with Gasteiger partial charge in [-0.3, -0.25) is 0 Å². The second-order valence-electron chi connectivity index (χ2n) is 4.58. The van der Waals surface area contributed by atoms with Crippen LogP contribution < -0.4 is 5.11 Å². The van der Waals surface area contributed by atoms with Crippen molar-refractivity contribution in [2.45, 2.75) is 13.8 Å². The Kier molecular flexibility index (Phi) is 6.12. The minimum Gasteiger partial charge on any atom is -0.544 e. The molecule has 0 radical (unpaired) electrons. The summed E-state index contributed by atoms with van der Waals surface area (Å²) in [5.74, 6) is -3.62. The first-order valence-electron chi connectivity index (χ1n) is 7.28. The maximum Gasteiger partial charge on any atom is 0.368 e. The van der Waals surface area contributed by atoms with E-state index in [0.717, 1.165) is 12.2 Å². The maximum absolute atomic E-state index is 11.7. The van der Waals surface area contributed by atoms with E-state index in [4.69, 9.17) is 21.1 Å². The Balaban J connectivity index is 2.35. The predicted molar refractivity (Wildman–Crippen MR) is 84.0 cm³/mol. The van der Waals surface area contributed by atoms with Gasteiger partial charge in [0.1, 0.15) is 5.57 Å². The molecule has 0 aliphatic carbocycles. The van der Waals surface area contributed by atoms with Gasteiger partial charge in [0.25, 0.3) is 0 Å². The number of carbonyl (C=O) groups is 3. The van der Waals surface area contributed by atoms with Gasteiger partial charge in [-0.1, -0.05) is 16.8 Å². The largest absolute Gasteiger partial charge is 0.544 e. The average Bonchev–Trinajstić information content (AvgIpc) is 3.12. The number of halogens is 1. The lowest BCUT2D eigenvalue weighted by Crippen LogP contribution is -2.19. The van der Waals surface area contributed by atoms with Crippen molar-refractivity contribution in [1.82, 2.24) is 5.16 Å². The minimum absolute atomic E-state index is 0.0615. The van der Waals surface area contributed by atoms with Gasteiger partial charge in [-0.15, -0.1) is 0 Å². The van der Waals surface area contributed by atoms with E-state index < -0.39 is 23.9 Å². The van der Waals surface area contributed by atoms with Gasteiger partial charge >= 0.3 is 17.9 Å². The first kappa shape index (κ1) is 19.2. The number of rotatable bonds is 6. The van der Waals surface area contributed by atoms with E-state index in [1.165, 1.54) is 0 Å². The number of nitrogens with zero attached hydrogens (tertiary/aromatic N) is 2. The van der Waals surface area contributed by atoms with Crippen molar-refractivity contribution in [2.24, 2.45) is 5.16 Å². The summed E-state index contributed by atoms with van der Waals surface area (Å²) in [5, 5.41) is 18.2. The molecule has 1 aromatic heterocycles. The van der Waals surface area contributed by atoms with Crippen molar-refractivity contribution in [3.63, 3.8) is 0 Å². The summed E-state index contributed by atoms with van der Waals surface area (Å²) in [6.07, 6.45) is 2.07. The smallest absolute Gasteiger partial charge is 0.368 e. The van der Waals surface area contributed by atoms with E-state index in [1.54, 1.807) is 13.8 Å². The fourth-order valence-corrected chi connectivity index (χ4v) is 2.05. The number of carbonyl (C=O) groups excluding carboxylic acids is 3. The van der Waals surface area contributed by atoms with Crippen LogP contribution in [0.3, 0.4) is 0 Å². The number of aromatic nitrogens is 1. The zero-order valence-corrected chi connectivity index (χ0v) is 14.4. The summed E-state index contributed by atoms with van der Waals surface area (Å²) in [4.78, 5) is 39.6. The predicted octanol–water partition coefficient (Wildman–Crippen LogP) is 0.907. The van der Waals surface area contributed by atoms with Gasteiger partial charge in [-0.05, 0) is 26.0 Å². The Hall–Kier alpha value is -3.14. The lowest BCUT2D eigenvalue weighted by atomic mass is 10.1. The number of ether oxygens (including phenoxy) is 2. The molecule has 26 heavy (non-hydrogen) atoms. The number of allylic oxidation sites excluding steroid dienone is 2. The Morgan fingerprint density at radius 2 is 1.88 bits per heavy atom. The minimum atomic E-state index is -0.933. The third kappa shape index (κ3) is 4.09. The van der Waals surface area contributed by atoms with Gasteiger partial charge in [-0.2, -0.15) is 5.16 Å². The van der Waals surface area contributed by atoms with Crippen molar-refractivity contribution in [3.05, 3.63) is 27.9 Å². The van der Waals surface area contributed by atoms with Crippen LogP contribution in [0.25, 0.3) is 6.08 Å². The fourth-order valence-electron chi connectivity index (χ4n) is 1.83. The molecule has 1 aliphatic rings. The summed E-state index contributed by atoms with van der Waals surface area (Å²) >= 11 is 6.00. The monoisotopic (exact) mass is 383 g/mol. The third-order valence-corrected chi connectivity index (χ3v) is 3.11. The Morgan fingerprint density at radius 1 is 1.23 bits per heavy atom. The third-order valence-electron chi connectivity index (χ3n) is 2.89. The highest BCUT2D eigenvalue weighted by Gasteiger charge is 2.32. The molecule has 0 unspecified atom stereocenters. The highest BCUT2D eigenvalue weighted by molar-refractivity contribution is 6.51. The Bertz CT molecular complexity index is 837. The molecule has 0 atom stereocenters. The molecule has 0 fully saturated rings. The van der Waals surface area contributed by atoms with Gasteiger partial charge in [-0.25, -0.2) is 14.4 Å². The van der Waals surface area contributed by atoms with Gasteiger partial charge < -0.3 is 23.9 Å². The molecule has 2 rings (SSSR count). The average molecular weight is 384 g/mol. The van der Waals surface area contributed by atoms with E-state index in [-0.39, 0.29) is 40.8 Å². The van der Waals surface area contributed by atoms with Crippen molar-refractivity contribution in [2.75, 3.05) is 13.2 Å². The molecule has 0 spiro atoms. The molecule has 1 aliphatic heterocycles. The molecule has 0 saturated heterocycles. The topological polar surface area (TPSA) is 140 Å². The number of esters is 2. The summed E-state index contributed by atoms with van der Waals surface area (Å²) in [7, 11) is 0. The van der Waals surface area contributed by atoms with Crippen LogP contribution in [-0.2, 0) is 23.9 Å². The molecule has 0 aromatic carbocycles. The molecule has 0 amide bonds. The first-order valence-corrected chi connectivity index (χ1v) is 7.66. The molecule has 138 valence electrons. The summed E-state index contributed by atoms with van der Waals surface area (Å²) < 4.78 is 13.9. The SMILES string of the molecule is CCOC(=O)C1=NOC(=O)/C1=C\C(Cl)=C\c1c(C(=O)OCC)noc1[O-]. The van der Waals surface area contributed by atoms with Gasteiger partial charge in [0.15, 0.2) is 5.69 Å². The normalized spacial score (nSPS) is 15.7. The van der Waals surface area contributed by atoms with Crippen LogP contribution in [0.4, 0.5) is 0 Å². The molecule has 2 heterocycles. The Morgan fingerprint density at radius 3 is 2.54 bits per heavy atom. The van der Waals surface area contributed by atoms with E-state index in [0.29, 0.717) is 0 Å². The highest BCUT2D eigenvalue weighted by Crippen LogP contribution is 2.25. The number of hydrogen-bond acceptors (Lipinski definition) is 10. The zero-order chi connectivity index (χ0) is 19.3. The van der Waals surface area contributed by atoms with Crippen LogP contribution in [0.2, 0.25) is 0 Å². The van der Waals surface area contributed by atoms with E-state index >= 15 is 0 Å². The van der Waals surface area contributed by atoms with Crippen LogP contribution in [0.15, 0.2) is 26.4 Å². The van der Waals surface area contributed by atoms with Crippen LogP contribution in [0, 0.1) is 0 Å². The van der Waals surface area contributed by atoms with Crippen LogP contribution in [0.5, 0.6) is 5.95 Å². The molecule has 0 bridgehead atoms. The van der Waals surface area contributed by atoms with Gasteiger partial charge in [0, 0.05) is 10.6 Å². The van der Waals surface area contributed by atoms with Crippen molar-refractivity contribution in [3.8, 4) is 5.95 Å². The van der Waals surface area contributed by atoms with Crippen molar-refractivity contribution in [1.29, 1.82) is 0 Å². The lowest BCUT2D eigenvalue weighted by molar-refractivity contribution is -0.297. The van der Waals surface area contributed by atoms with Crippen LogP contribution in [-0.4, -0.2) is 42.0 Å². The molecule has 10 nitrogen and oxygen atoms in total. The molecule has 11 heteroatoms. The van der Waals surface area contributed by atoms with Crippen molar-refractivity contribution >= 4 is 41.3 Å². The zero-order valence-electron chi connectivity index (χ0n) is 13.6. The van der Waals surface area contributed by atoms with E-state index in [9.17, 15) is 19.5 Å². The van der Waals surface area contributed by atoms with Crippen LogP contribution in [0.1, 0.15) is 29.9 Å². The summed E-state index contributed by atoms with van der Waals surface area (Å²) in [6, 6.07) is 0. The van der Waals surface area contributed by atoms with E-state index in [2.05, 4.69) is 19.7 Å². The number of hydrogen-bond donors (Lipinski definition) is 0. The second kappa shape index (κ2) is 8.30. The maximum atomic E-state index is 11.7. The molecular formula is C15H12ClN2O8-.